The van der Waals surface area contributed by atoms with Gasteiger partial charge in [-0.15, -0.1) is 0 Å². The first kappa shape index (κ1) is 24.4. The number of esters is 2. The molecule has 0 saturated heterocycles. The van der Waals surface area contributed by atoms with E-state index in [0.717, 1.165) is 55.6 Å². The normalized spacial score (nSPS) is 10.5. The summed E-state index contributed by atoms with van der Waals surface area (Å²) in [6.45, 7) is 5.19. The average molecular weight is 427 g/mol. The number of ether oxygens (including phenoxy) is 3. The van der Waals surface area contributed by atoms with Crippen LogP contribution in [-0.4, -0.2) is 31.8 Å². The second-order valence-corrected chi connectivity index (χ2v) is 7.55. The molecule has 0 saturated carbocycles. The van der Waals surface area contributed by atoms with E-state index in [1.165, 1.54) is 19.8 Å². The Morgan fingerprint density at radius 3 is 1.81 bits per heavy atom. The molecule has 0 aliphatic heterocycles. The maximum Gasteiger partial charge on any atom is 0.338 e. The molecule has 5 nitrogen and oxygen atoms in total. The van der Waals surface area contributed by atoms with Crippen molar-refractivity contribution in [2.75, 3.05) is 19.8 Å². The monoisotopic (exact) mass is 426 g/mol. The maximum atomic E-state index is 12.2. The molecule has 2 aromatic rings. The summed E-state index contributed by atoms with van der Waals surface area (Å²) in [5, 5.41) is 0. The second kappa shape index (κ2) is 14.2. The third kappa shape index (κ3) is 9.69. The van der Waals surface area contributed by atoms with Gasteiger partial charge in [0.15, 0.2) is 0 Å². The number of rotatable bonds is 14. The van der Waals surface area contributed by atoms with Crippen molar-refractivity contribution in [2.45, 2.75) is 58.8 Å². The first-order valence-corrected chi connectivity index (χ1v) is 11.2. The third-order valence-electron chi connectivity index (χ3n) is 4.90. The Morgan fingerprint density at radius 2 is 1.23 bits per heavy atom. The number of benzene rings is 2. The van der Waals surface area contributed by atoms with Crippen molar-refractivity contribution in [3.63, 3.8) is 0 Å². The van der Waals surface area contributed by atoms with Crippen molar-refractivity contribution in [3.8, 4) is 16.9 Å². The van der Waals surface area contributed by atoms with Gasteiger partial charge >= 0.3 is 11.9 Å². The number of unbranched alkanes of at least 4 members (excludes halogenated alkanes) is 5. The SMILES string of the molecule is CCCCCOc1ccc(-c2ccc(C(=O)OCCCCCCOC(C)=O)cc2)cc1. The molecule has 0 aliphatic rings. The lowest BCUT2D eigenvalue weighted by Crippen LogP contribution is -2.06. The Bertz CT molecular complexity index is 780. The first-order valence-electron chi connectivity index (χ1n) is 11.2. The van der Waals surface area contributed by atoms with Crippen LogP contribution < -0.4 is 4.74 Å². The van der Waals surface area contributed by atoms with Crippen molar-refractivity contribution < 1.29 is 23.8 Å². The molecule has 0 amide bonds. The van der Waals surface area contributed by atoms with Gasteiger partial charge in [-0.2, -0.15) is 0 Å². The zero-order valence-electron chi connectivity index (χ0n) is 18.7. The molecule has 0 unspecified atom stereocenters. The van der Waals surface area contributed by atoms with Crippen LogP contribution >= 0.6 is 0 Å². The van der Waals surface area contributed by atoms with Crippen molar-refractivity contribution in [3.05, 3.63) is 54.1 Å². The molecule has 0 N–H and O–H groups in total. The fraction of sp³-hybridized carbons (Fsp3) is 0.462. The maximum absolute atomic E-state index is 12.2. The topological polar surface area (TPSA) is 61.8 Å². The molecule has 2 aromatic carbocycles. The van der Waals surface area contributed by atoms with Gasteiger partial charge in [-0.3, -0.25) is 4.79 Å². The molecule has 0 fully saturated rings. The molecule has 0 spiro atoms. The zero-order valence-corrected chi connectivity index (χ0v) is 18.7. The van der Waals surface area contributed by atoms with Gasteiger partial charge in [0.1, 0.15) is 5.75 Å². The summed E-state index contributed by atoms with van der Waals surface area (Å²) in [6.07, 6.45) is 6.97. The number of hydrogen-bond donors (Lipinski definition) is 0. The summed E-state index contributed by atoms with van der Waals surface area (Å²) in [7, 11) is 0. The van der Waals surface area contributed by atoms with Crippen LogP contribution in [0.15, 0.2) is 48.5 Å². The Kier molecular flexibility index (Phi) is 11.2. The van der Waals surface area contributed by atoms with E-state index < -0.39 is 0 Å². The van der Waals surface area contributed by atoms with E-state index in [1.807, 2.05) is 36.4 Å². The highest BCUT2D eigenvalue weighted by Gasteiger charge is 2.07. The Morgan fingerprint density at radius 1 is 0.677 bits per heavy atom. The predicted octanol–water partition coefficient (Wildman–Crippen LogP) is 6.20. The molecule has 5 heteroatoms. The molecule has 168 valence electrons. The van der Waals surface area contributed by atoms with Crippen LogP contribution in [0, 0.1) is 0 Å². The molecule has 0 radical (unpaired) electrons. The standard InChI is InChI=1S/C26H34O5/c1-3-4-7-19-30-25-16-14-23(15-17-25)22-10-12-24(13-11-22)26(28)31-20-9-6-5-8-18-29-21(2)27/h10-17H,3-9,18-20H2,1-2H3. The Hall–Kier alpha value is -2.82. The number of hydrogen-bond acceptors (Lipinski definition) is 5. The average Bonchev–Trinajstić information content (AvgIpc) is 2.79. The summed E-state index contributed by atoms with van der Waals surface area (Å²) in [5.41, 5.74) is 2.67. The lowest BCUT2D eigenvalue weighted by Gasteiger charge is -2.08. The van der Waals surface area contributed by atoms with E-state index in [0.29, 0.717) is 18.8 Å². The summed E-state index contributed by atoms with van der Waals surface area (Å²) in [4.78, 5) is 22.9. The van der Waals surface area contributed by atoms with Crippen molar-refractivity contribution in [1.29, 1.82) is 0 Å². The fourth-order valence-corrected chi connectivity index (χ4v) is 3.11. The Balaban J connectivity index is 1.70. The minimum atomic E-state index is -0.303. The van der Waals surface area contributed by atoms with Crippen molar-refractivity contribution in [2.24, 2.45) is 0 Å². The largest absolute Gasteiger partial charge is 0.494 e. The molecule has 0 aliphatic carbocycles. The highest BCUT2D eigenvalue weighted by Crippen LogP contribution is 2.23. The van der Waals surface area contributed by atoms with Gasteiger partial charge in [0.05, 0.1) is 25.4 Å². The number of carbonyl (C=O) groups excluding carboxylic acids is 2. The molecule has 2 rings (SSSR count). The summed E-state index contributed by atoms with van der Waals surface area (Å²) < 4.78 is 16.0. The zero-order chi connectivity index (χ0) is 22.3. The lowest BCUT2D eigenvalue weighted by atomic mass is 10.0. The van der Waals surface area contributed by atoms with Gasteiger partial charge in [-0.05, 0) is 67.5 Å². The quantitative estimate of drug-likeness (QED) is 0.266. The molecule has 31 heavy (non-hydrogen) atoms. The van der Waals surface area contributed by atoms with Gasteiger partial charge in [0.2, 0.25) is 0 Å². The molecule has 0 atom stereocenters. The van der Waals surface area contributed by atoms with E-state index in [-0.39, 0.29) is 11.9 Å². The van der Waals surface area contributed by atoms with Gasteiger partial charge in [0, 0.05) is 6.92 Å². The van der Waals surface area contributed by atoms with E-state index in [2.05, 4.69) is 6.92 Å². The van der Waals surface area contributed by atoms with Gasteiger partial charge in [-0.1, -0.05) is 44.0 Å². The van der Waals surface area contributed by atoms with Crippen LogP contribution in [0.3, 0.4) is 0 Å². The van der Waals surface area contributed by atoms with Crippen LogP contribution in [0.2, 0.25) is 0 Å². The molecule has 0 aromatic heterocycles. The van der Waals surface area contributed by atoms with Crippen LogP contribution in [0.1, 0.15) is 69.2 Å². The minimum absolute atomic E-state index is 0.246. The van der Waals surface area contributed by atoms with E-state index in [9.17, 15) is 9.59 Å². The predicted molar refractivity (Wildman–Crippen MR) is 122 cm³/mol. The van der Waals surface area contributed by atoms with Crippen LogP contribution in [-0.2, 0) is 14.3 Å². The minimum Gasteiger partial charge on any atom is -0.494 e. The van der Waals surface area contributed by atoms with Crippen LogP contribution in [0.25, 0.3) is 11.1 Å². The van der Waals surface area contributed by atoms with Gasteiger partial charge in [0.25, 0.3) is 0 Å². The summed E-state index contributed by atoms with van der Waals surface area (Å²) >= 11 is 0. The van der Waals surface area contributed by atoms with Crippen molar-refractivity contribution in [1.82, 2.24) is 0 Å². The summed E-state index contributed by atoms with van der Waals surface area (Å²) in [6, 6.07) is 15.5. The van der Waals surface area contributed by atoms with Crippen LogP contribution in [0.5, 0.6) is 5.75 Å². The second-order valence-electron chi connectivity index (χ2n) is 7.55. The first-order chi connectivity index (χ1) is 15.1. The van der Waals surface area contributed by atoms with Crippen LogP contribution in [0.4, 0.5) is 0 Å². The highest BCUT2D eigenvalue weighted by atomic mass is 16.5. The molecular weight excluding hydrogens is 392 g/mol. The number of carbonyl (C=O) groups is 2. The molecule has 0 bridgehead atoms. The van der Waals surface area contributed by atoms with E-state index >= 15 is 0 Å². The van der Waals surface area contributed by atoms with Crippen molar-refractivity contribution >= 4 is 11.9 Å². The molecule has 0 heterocycles. The highest BCUT2D eigenvalue weighted by molar-refractivity contribution is 5.90. The smallest absolute Gasteiger partial charge is 0.338 e. The third-order valence-corrected chi connectivity index (χ3v) is 4.90. The van der Waals surface area contributed by atoms with Gasteiger partial charge in [-0.25, -0.2) is 4.79 Å². The summed E-state index contributed by atoms with van der Waals surface area (Å²) in [5.74, 6) is 0.331. The van der Waals surface area contributed by atoms with E-state index in [4.69, 9.17) is 14.2 Å². The Labute approximate surface area is 185 Å². The lowest BCUT2D eigenvalue weighted by molar-refractivity contribution is -0.141. The van der Waals surface area contributed by atoms with E-state index in [1.54, 1.807) is 12.1 Å². The fourth-order valence-electron chi connectivity index (χ4n) is 3.11. The molecular formula is C26H34O5. The van der Waals surface area contributed by atoms with Gasteiger partial charge < -0.3 is 14.2 Å².